The number of pyridine rings is 1. The van der Waals surface area contributed by atoms with Gasteiger partial charge in [-0.05, 0) is 54.5 Å². The summed E-state index contributed by atoms with van der Waals surface area (Å²) in [6.07, 6.45) is 8.86. The van der Waals surface area contributed by atoms with E-state index in [9.17, 15) is 0 Å². The molecule has 4 nitrogen and oxygen atoms in total. The van der Waals surface area contributed by atoms with Crippen LogP contribution < -0.4 is 10.1 Å². The van der Waals surface area contributed by atoms with Crippen LogP contribution in [0.4, 0.5) is 0 Å². The fraction of sp³-hybridized carbons (Fsp3) is 0.560. The molecule has 4 heteroatoms. The Morgan fingerprint density at radius 2 is 1.90 bits per heavy atom. The highest BCUT2D eigenvalue weighted by Crippen LogP contribution is 2.26. The van der Waals surface area contributed by atoms with Crippen molar-refractivity contribution in [3.8, 4) is 5.75 Å². The number of hydrogen-bond donors (Lipinski definition) is 1. The standard InChI is InChI=1S/C21H28N2O.C2H6O.C2H6/c1-4-16-14-23-18(7-5-6-15(16)2)12-17-10-11-22-21-9-8-19(24-3)13-20(17)21;1-3-2;1-2/h4,8-11,13,15-16,18,23H,1,5-7,12,14H2,2-3H3;1-2H3;1-2H3. The quantitative estimate of drug-likeness (QED) is 0.673. The minimum absolute atomic E-state index is 0.511. The summed E-state index contributed by atoms with van der Waals surface area (Å²) in [6.45, 7) is 11.4. The number of methoxy groups -OCH3 is 2. The number of nitrogens with zero attached hydrogens (tertiary/aromatic N) is 1. The van der Waals surface area contributed by atoms with Crippen molar-refractivity contribution in [2.24, 2.45) is 11.8 Å². The number of hydrogen-bond acceptors (Lipinski definition) is 4. The molecule has 1 aliphatic rings. The van der Waals surface area contributed by atoms with Crippen LogP contribution in [0, 0.1) is 11.8 Å². The van der Waals surface area contributed by atoms with Gasteiger partial charge in [0.1, 0.15) is 5.75 Å². The first-order chi connectivity index (χ1) is 14.1. The van der Waals surface area contributed by atoms with Gasteiger partial charge in [0.15, 0.2) is 0 Å². The molecule has 1 aromatic heterocycles. The third-order valence-corrected chi connectivity index (χ3v) is 5.39. The van der Waals surface area contributed by atoms with Gasteiger partial charge in [0, 0.05) is 38.4 Å². The van der Waals surface area contributed by atoms with E-state index >= 15 is 0 Å². The van der Waals surface area contributed by atoms with Gasteiger partial charge in [0.05, 0.1) is 12.6 Å². The number of benzene rings is 1. The Labute approximate surface area is 177 Å². The van der Waals surface area contributed by atoms with Crippen molar-refractivity contribution >= 4 is 10.9 Å². The summed E-state index contributed by atoms with van der Waals surface area (Å²) < 4.78 is 9.64. The summed E-state index contributed by atoms with van der Waals surface area (Å²) in [4.78, 5) is 4.49. The molecule has 29 heavy (non-hydrogen) atoms. The maximum Gasteiger partial charge on any atom is 0.119 e. The van der Waals surface area contributed by atoms with E-state index in [0.717, 1.165) is 30.1 Å². The Hall–Kier alpha value is -1.91. The zero-order chi connectivity index (χ0) is 21.6. The molecular weight excluding hydrogens is 360 g/mol. The highest BCUT2D eigenvalue weighted by molar-refractivity contribution is 5.83. The molecule has 2 heterocycles. The predicted octanol–water partition coefficient (Wildman–Crippen LogP) is 5.66. The Morgan fingerprint density at radius 3 is 2.55 bits per heavy atom. The smallest absolute Gasteiger partial charge is 0.119 e. The molecule has 0 radical (unpaired) electrons. The van der Waals surface area contributed by atoms with Crippen molar-refractivity contribution in [3.63, 3.8) is 0 Å². The molecule has 1 N–H and O–H groups in total. The summed E-state index contributed by atoms with van der Waals surface area (Å²) in [6, 6.07) is 8.78. The maximum absolute atomic E-state index is 5.39. The first kappa shape index (κ1) is 25.1. The lowest BCUT2D eigenvalue weighted by Gasteiger charge is -2.29. The third kappa shape index (κ3) is 7.79. The molecule has 3 rings (SSSR count). The van der Waals surface area contributed by atoms with Crippen LogP contribution in [0.3, 0.4) is 0 Å². The fourth-order valence-corrected chi connectivity index (χ4v) is 3.75. The molecule has 0 aliphatic carbocycles. The Morgan fingerprint density at radius 1 is 1.17 bits per heavy atom. The minimum atomic E-state index is 0.511. The number of fused-ring (bicyclic) bond motifs is 1. The van der Waals surface area contributed by atoms with E-state index in [2.05, 4.69) is 46.7 Å². The normalized spacial score (nSPS) is 21.5. The van der Waals surface area contributed by atoms with Crippen LogP contribution in [0.25, 0.3) is 10.9 Å². The molecule has 0 amide bonds. The Balaban J connectivity index is 0.000000771. The molecule has 1 aromatic carbocycles. The second-order valence-corrected chi connectivity index (χ2v) is 7.38. The Kier molecular flexibility index (Phi) is 12.2. The minimum Gasteiger partial charge on any atom is -0.497 e. The van der Waals surface area contributed by atoms with Gasteiger partial charge < -0.3 is 14.8 Å². The van der Waals surface area contributed by atoms with Gasteiger partial charge in [-0.25, -0.2) is 0 Å². The van der Waals surface area contributed by atoms with E-state index in [1.807, 2.05) is 32.2 Å². The van der Waals surface area contributed by atoms with Crippen LogP contribution in [0.5, 0.6) is 5.75 Å². The van der Waals surface area contributed by atoms with E-state index in [4.69, 9.17) is 4.74 Å². The molecule has 1 fully saturated rings. The molecule has 162 valence electrons. The zero-order valence-corrected chi connectivity index (χ0v) is 19.2. The van der Waals surface area contributed by atoms with E-state index in [0.29, 0.717) is 12.0 Å². The summed E-state index contributed by atoms with van der Waals surface area (Å²) in [5, 5.41) is 4.97. The number of aromatic nitrogens is 1. The summed E-state index contributed by atoms with van der Waals surface area (Å²) >= 11 is 0. The average Bonchev–Trinajstić information content (AvgIpc) is 2.74. The average molecular weight is 401 g/mol. The van der Waals surface area contributed by atoms with Crippen LogP contribution in [-0.4, -0.2) is 38.9 Å². The molecular formula is C25H40N2O2. The van der Waals surface area contributed by atoms with Crippen molar-refractivity contribution in [1.29, 1.82) is 0 Å². The fourth-order valence-electron chi connectivity index (χ4n) is 3.75. The van der Waals surface area contributed by atoms with Gasteiger partial charge in [-0.3, -0.25) is 4.98 Å². The lowest BCUT2D eigenvalue weighted by molar-refractivity contribution is 0.277. The van der Waals surface area contributed by atoms with Crippen molar-refractivity contribution in [2.75, 3.05) is 27.9 Å². The second kappa shape index (κ2) is 14.1. The number of rotatable bonds is 4. The third-order valence-electron chi connectivity index (χ3n) is 5.39. The lowest BCUT2D eigenvalue weighted by Crippen LogP contribution is -2.38. The van der Waals surface area contributed by atoms with Crippen LogP contribution in [0.2, 0.25) is 0 Å². The molecule has 1 saturated heterocycles. The molecule has 3 atom stereocenters. The van der Waals surface area contributed by atoms with Crippen LogP contribution in [0.15, 0.2) is 43.1 Å². The van der Waals surface area contributed by atoms with Gasteiger partial charge in [0.2, 0.25) is 0 Å². The van der Waals surface area contributed by atoms with Crippen molar-refractivity contribution in [3.05, 3.63) is 48.7 Å². The number of nitrogens with one attached hydrogen (secondary N) is 1. The summed E-state index contributed by atoms with van der Waals surface area (Å²) in [7, 11) is 4.96. The topological polar surface area (TPSA) is 43.4 Å². The van der Waals surface area contributed by atoms with Crippen LogP contribution >= 0.6 is 0 Å². The summed E-state index contributed by atoms with van der Waals surface area (Å²) in [5.74, 6) is 2.19. The second-order valence-electron chi connectivity index (χ2n) is 7.38. The van der Waals surface area contributed by atoms with Gasteiger partial charge in [-0.1, -0.05) is 39.7 Å². The van der Waals surface area contributed by atoms with Gasteiger partial charge in [-0.15, -0.1) is 6.58 Å². The van der Waals surface area contributed by atoms with Gasteiger partial charge in [0.25, 0.3) is 0 Å². The molecule has 0 spiro atoms. The van der Waals surface area contributed by atoms with E-state index < -0.39 is 0 Å². The molecule has 0 saturated carbocycles. The van der Waals surface area contributed by atoms with Crippen LogP contribution in [0.1, 0.15) is 45.6 Å². The Bertz CT molecular complexity index is 717. The predicted molar refractivity (Wildman–Crippen MR) is 125 cm³/mol. The highest BCUT2D eigenvalue weighted by Gasteiger charge is 2.20. The zero-order valence-electron chi connectivity index (χ0n) is 19.2. The molecule has 1 aliphatic heterocycles. The van der Waals surface area contributed by atoms with E-state index in [1.165, 1.54) is 30.2 Å². The van der Waals surface area contributed by atoms with Crippen molar-refractivity contribution in [1.82, 2.24) is 10.3 Å². The first-order valence-electron chi connectivity index (χ1n) is 10.8. The van der Waals surface area contributed by atoms with Crippen LogP contribution in [-0.2, 0) is 11.2 Å². The molecule has 2 aromatic rings. The maximum atomic E-state index is 5.39. The lowest BCUT2D eigenvalue weighted by atomic mass is 9.85. The van der Waals surface area contributed by atoms with Crippen molar-refractivity contribution in [2.45, 2.75) is 52.5 Å². The molecule has 0 bridgehead atoms. The SMILES string of the molecule is C=CC1CNC(Cc2ccnc3ccc(OC)cc23)CCCC1C.CC.COC. The largest absolute Gasteiger partial charge is 0.497 e. The van der Waals surface area contributed by atoms with E-state index in [1.54, 1.807) is 21.3 Å². The van der Waals surface area contributed by atoms with Crippen molar-refractivity contribution < 1.29 is 9.47 Å². The number of ether oxygens (including phenoxy) is 2. The van der Waals surface area contributed by atoms with Gasteiger partial charge in [-0.2, -0.15) is 0 Å². The monoisotopic (exact) mass is 400 g/mol. The highest BCUT2D eigenvalue weighted by atomic mass is 16.5. The molecule has 3 unspecified atom stereocenters. The summed E-state index contributed by atoms with van der Waals surface area (Å²) in [5.41, 5.74) is 2.39. The van der Waals surface area contributed by atoms with Gasteiger partial charge >= 0.3 is 0 Å². The first-order valence-corrected chi connectivity index (χ1v) is 10.8. The van der Waals surface area contributed by atoms with E-state index in [-0.39, 0.29) is 0 Å².